The van der Waals surface area contributed by atoms with Gasteiger partial charge in [0.1, 0.15) is 0 Å². The van der Waals surface area contributed by atoms with E-state index in [4.69, 9.17) is 16.0 Å². The molecule has 0 fully saturated rings. The van der Waals surface area contributed by atoms with Crippen molar-refractivity contribution in [3.8, 4) is 0 Å². The maximum Gasteiger partial charge on any atom is 0.419 e. The minimum absolute atomic E-state index is 0.122. The molecule has 0 aliphatic rings. The Hall–Kier alpha value is -1.26. The van der Waals surface area contributed by atoms with Crippen molar-refractivity contribution in [3.63, 3.8) is 0 Å². The number of aromatic nitrogens is 1. The first-order chi connectivity index (χ1) is 7.13. The van der Waals surface area contributed by atoms with Crippen LogP contribution in [0.3, 0.4) is 0 Å². The summed E-state index contributed by atoms with van der Waals surface area (Å²) in [6, 6.07) is 5.05. The minimum atomic E-state index is -0.721. The molecule has 0 aliphatic heterocycles. The number of fused-ring (bicyclic) bond motifs is 1. The monoisotopic (exact) mass is 227 g/mol. The number of hydrogen-bond donors (Lipinski definition) is 1. The summed E-state index contributed by atoms with van der Waals surface area (Å²) < 4.78 is 6.35. The van der Waals surface area contributed by atoms with Crippen LogP contribution < -0.4 is 5.76 Å². The molecule has 4 nitrogen and oxygen atoms in total. The Morgan fingerprint density at radius 2 is 2.33 bits per heavy atom. The average molecular weight is 228 g/mol. The Balaban J connectivity index is 2.64. The van der Waals surface area contributed by atoms with E-state index in [9.17, 15) is 9.90 Å². The lowest BCUT2D eigenvalue weighted by molar-refractivity contribution is 0.203. The van der Waals surface area contributed by atoms with E-state index in [1.54, 1.807) is 25.2 Å². The van der Waals surface area contributed by atoms with Crippen molar-refractivity contribution in [2.24, 2.45) is 7.05 Å². The summed E-state index contributed by atoms with van der Waals surface area (Å²) in [6.45, 7) is 0. The predicted octanol–water partition coefficient (Wildman–Crippen LogP) is 1.40. The number of aliphatic hydroxyl groups excluding tert-OH is 1. The molecule has 5 heteroatoms. The van der Waals surface area contributed by atoms with Gasteiger partial charge in [0.2, 0.25) is 0 Å². The Morgan fingerprint density at radius 3 is 3.00 bits per heavy atom. The lowest BCUT2D eigenvalue weighted by Crippen LogP contribution is -2.08. The van der Waals surface area contributed by atoms with Gasteiger partial charge < -0.3 is 9.52 Å². The van der Waals surface area contributed by atoms with Gasteiger partial charge in [-0.2, -0.15) is 0 Å². The topological polar surface area (TPSA) is 55.4 Å². The van der Waals surface area contributed by atoms with Crippen molar-refractivity contribution in [1.82, 2.24) is 4.57 Å². The van der Waals surface area contributed by atoms with Crippen LogP contribution in [0.15, 0.2) is 27.4 Å². The van der Waals surface area contributed by atoms with Crippen LogP contribution in [0.5, 0.6) is 0 Å². The average Bonchev–Trinajstić information content (AvgIpc) is 2.54. The zero-order valence-electron chi connectivity index (χ0n) is 8.11. The molecule has 1 atom stereocenters. The molecular weight excluding hydrogens is 218 g/mol. The van der Waals surface area contributed by atoms with Gasteiger partial charge in [0.05, 0.1) is 17.5 Å². The molecule has 1 aromatic heterocycles. The summed E-state index contributed by atoms with van der Waals surface area (Å²) in [7, 11) is 1.62. The summed E-state index contributed by atoms with van der Waals surface area (Å²) in [6.07, 6.45) is -0.721. The van der Waals surface area contributed by atoms with E-state index in [-0.39, 0.29) is 5.88 Å². The van der Waals surface area contributed by atoms with Gasteiger partial charge in [-0.05, 0) is 17.7 Å². The van der Waals surface area contributed by atoms with Crippen molar-refractivity contribution < 1.29 is 9.52 Å². The highest BCUT2D eigenvalue weighted by molar-refractivity contribution is 6.18. The summed E-state index contributed by atoms with van der Waals surface area (Å²) in [5, 5.41) is 9.54. The van der Waals surface area contributed by atoms with Crippen LogP contribution in [-0.4, -0.2) is 15.6 Å². The van der Waals surface area contributed by atoms with E-state index < -0.39 is 11.9 Å². The molecule has 0 aliphatic carbocycles. The van der Waals surface area contributed by atoms with Crippen molar-refractivity contribution in [3.05, 3.63) is 34.3 Å². The Labute approximate surface area is 90.7 Å². The maximum absolute atomic E-state index is 11.2. The number of halogens is 1. The molecule has 0 amide bonds. The molecule has 1 N–H and O–H groups in total. The number of aryl methyl sites for hydroxylation is 1. The van der Waals surface area contributed by atoms with Gasteiger partial charge in [-0.1, -0.05) is 6.07 Å². The van der Waals surface area contributed by atoms with Crippen LogP contribution in [0, 0.1) is 0 Å². The quantitative estimate of drug-likeness (QED) is 0.790. The molecule has 0 saturated heterocycles. The highest BCUT2D eigenvalue weighted by Crippen LogP contribution is 2.20. The fourth-order valence-corrected chi connectivity index (χ4v) is 1.62. The number of oxazole rings is 1. The van der Waals surface area contributed by atoms with Gasteiger partial charge in [-0.15, -0.1) is 11.6 Å². The lowest BCUT2D eigenvalue weighted by atomic mass is 10.1. The summed E-state index contributed by atoms with van der Waals surface area (Å²) in [5.74, 6) is -0.292. The fraction of sp³-hybridized carbons (Fsp3) is 0.300. The van der Waals surface area contributed by atoms with Gasteiger partial charge in [0.15, 0.2) is 5.58 Å². The number of alkyl halides is 1. The molecule has 0 saturated carbocycles. The van der Waals surface area contributed by atoms with Crippen LogP contribution in [0.4, 0.5) is 0 Å². The number of rotatable bonds is 2. The number of aliphatic hydroxyl groups is 1. The molecule has 1 unspecified atom stereocenters. The maximum atomic E-state index is 11.2. The molecule has 0 spiro atoms. The highest BCUT2D eigenvalue weighted by Gasteiger charge is 2.10. The molecule has 80 valence electrons. The normalized spacial score (nSPS) is 13.3. The highest BCUT2D eigenvalue weighted by atomic mass is 35.5. The Bertz CT molecular complexity index is 543. The SMILES string of the molecule is Cn1c(=O)oc2ccc(C(O)CCl)cc21. The van der Waals surface area contributed by atoms with E-state index in [1.807, 2.05) is 0 Å². The first kappa shape index (κ1) is 10.3. The van der Waals surface area contributed by atoms with E-state index in [1.165, 1.54) is 4.57 Å². The van der Waals surface area contributed by atoms with E-state index >= 15 is 0 Å². The number of hydrogen-bond acceptors (Lipinski definition) is 3. The van der Waals surface area contributed by atoms with Gasteiger partial charge >= 0.3 is 5.76 Å². The first-order valence-electron chi connectivity index (χ1n) is 4.47. The summed E-state index contributed by atoms with van der Waals surface area (Å²) in [4.78, 5) is 11.2. The van der Waals surface area contributed by atoms with Gasteiger partial charge in [-0.25, -0.2) is 4.79 Å². The third kappa shape index (κ3) is 1.66. The Kier molecular flexibility index (Phi) is 2.54. The van der Waals surface area contributed by atoms with Crippen LogP contribution in [0.1, 0.15) is 11.7 Å². The number of nitrogens with zero attached hydrogens (tertiary/aromatic N) is 1. The largest absolute Gasteiger partial charge is 0.419 e. The lowest BCUT2D eigenvalue weighted by Gasteiger charge is -2.06. The van der Waals surface area contributed by atoms with Crippen molar-refractivity contribution in [1.29, 1.82) is 0 Å². The number of benzene rings is 1. The molecule has 15 heavy (non-hydrogen) atoms. The van der Waals surface area contributed by atoms with Crippen LogP contribution in [0.25, 0.3) is 11.1 Å². The second-order valence-corrected chi connectivity index (χ2v) is 3.63. The summed E-state index contributed by atoms with van der Waals surface area (Å²) in [5.41, 5.74) is 1.84. The van der Waals surface area contributed by atoms with Gasteiger partial charge in [-0.3, -0.25) is 4.57 Å². The van der Waals surface area contributed by atoms with Crippen LogP contribution >= 0.6 is 11.6 Å². The van der Waals surface area contributed by atoms with Gasteiger partial charge in [0.25, 0.3) is 0 Å². The van der Waals surface area contributed by atoms with Crippen LogP contribution in [0.2, 0.25) is 0 Å². The predicted molar refractivity (Wildman–Crippen MR) is 57.1 cm³/mol. The van der Waals surface area contributed by atoms with E-state index in [0.717, 1.165) is 0 Å². The second-order valence-electron chi connectivity index (χ2n) is 3.32. The van der Waals surface area contributed by atoms with Gasteiger partial charge in [0, 0.05) is 7.05 Å². The zero-order chi connectivity index (χ0) is 11.0. The fourth-order valence-electron chi connectivity index (χ4n) is 1.44. The molecular formula is C10H10ClNO3. The molecule has 0 bridgehead atoms. The third-order valence-electron chi connectivity index (χ3n) is 2.35. The smallest absolute Gasteiger partial charge is 0.408 e. The van der Waals surface area contributed by atoms with E-state index in [0.29, 0.717) is 16.7 Å². The zero-order valence-corrected chi connectivity index (χ0v) is 8.86. The molecule has 2 rings (SSSR count). The van der Waals surface area contributed by atoms with E-state index in [2.05, 4.69) is 0 Å². The second kappa shape index (κ2) is 3.72. The standard InChI is InChI=1S/C10H10ClNO3/c1-12-7-4-6(8(13)5-11)2-3-9(7)15-10(12)14/h2-4,8,13H,5H2,1H3. The molecule has 2 aromatic rings. The molecule has 0 radical (unpaired) electrons. The molecule has 1 aromatic carbocycles. The first-order valence-corrected chi connectivity index (χ1v) is 5.00. The summed E-state index contributed by atoms with van der Waals surface area (Å²) >= 11 is 5.54. The van der Waals surface area contributed by atoms with Crippen LogP contribution in [-0.2, 0) is 7.05 Å². The Morgan fingerprint density at radius 1 is 1.60 bits per heavy atom. The van der Waals surface area contributed by atoms with Crippen molar-refractivity contribution >= 4 is 22.7 Å². The van der Waals surface area contributed by atoms with Crippen molar-refractivity contribution in [2.45, 2.75) is 6.10 Å². The minimum Gasteiger partial charge on any atom is -0.408 e. The van der Waals surface area contributed by atoms with Crippen molar-refractivity contribution in [2.75, 3.05) is 5.88 Å². The third-order valence-corrected chi connectivity index (χ3v) is 2.64. The molecule has 1 heterocycles.